The number of nitrogens with zero attached hydrogens (tertiary/aromatic N) is 3. The Balaban J connectivity index is 1.29. The lowest BCUT2D eigenvalue weighted by Crippen LogP contribution is -2.32. The van der Waals surface area contributed by atoms with Crippen LogP contribution in [0.5, 0.6) is 11.5 Å². The van der Waals surface area contributed by atoms with E-state index in [1.807, 2.05) is 30.3 Å². The molecule has 0 amide bonds. The molecule has 48 heavy (non-hydrogen) atoms. The van der Waals surface area contributed by atoms with E-state index in [-0.39, 0.29) is 0 Å². The van der Waals surface area contributed by atoms with Crippen LogP contribution in [0.3, 0.4) is 0 Å². The number of rotatable bonds is 3. The molecule has 0 radical (unpaired) electrons. The first kappa shape index (κ1) is 26.8. The van der Waals surface area contributed by atoms with E-state index >= 15 is 0 Å². The normalized spacial score (nSPS) is 13.3. The second-order valence-electron chi connectivity index (χ2n) is 12.3. The second kappa shape index (κ2) is 10.3. The van der Waals surface area contributed by atoms with Gasteiger partial charge in [-0.2, -0.15) is 0 Å². The summed E-state index contributed by atoms with van der Waals surface area (Å²) in [6.45, 7) is 0. The minimum atomic E-state index is -0.568. The van der Waals surface area contributed by atoms with E-state index in [2.05, 4.69) is 133 Å². The Morgan fingerprint density at radius 1 is 0.375 bits per heavy atom. The smallest absolute Gasteiger partial charge is 0.164 e. The van der Waals surface area contributed by atoms with Crippen LogP contribution in [0.25, 0.3) is 56.1 Å². The Bertz CT molecular complexity index is 2510. The van der Waals surface area contributed by atoms with Gasteiger partial charge < -0.3 is 4.74 Å². The van der Waals surface area contributed by atoms with E-state index < -0.39 is 5.41 Å². The second-order valence-corrected chi connectivity index (χ2v) is 12.3. The summed E-state index contributed by atoms with van der Waals surface area (Å²) in [7, 11) is 0. The summed E-state index contributed by atoms with van der Waals surface area (Å²) in [5.74, 6) is 3.67. The van der Waals surface area contributed by atoms with Gasteiger partial charge in [0.15, 0.2) is 17.5 Å². The number of hydrogen-bond donors (Lipinski definition) is 0. The Kier molecular flexibility index (Phi) is 5.75. The molecule has 7 aromatic carbocycles. The van der Waals surface area contributed by atoms with Gasteiger partial charge in [0, 0.05) is 27.8 Å². The van der Waals surface area contributed by atoms with Crippen molar-refractivity contribution in [2.75, 3.05) is 0 Å². The van der Waals surface area contributed by atoms with Crippen LogP contribution < -0.4 is 4.74 Å². The van der Waals surface area contributed by atoms with Crippen LogP contribution in [-0.4, -0.2) is 15.0 Å². The first-order valence-corrected chi connectivity index (χ1v) is 16.2. The molecule has 1 aliphatic carbocycles. The Morgan fingerprint density at radius 3 is 1.69 bits per heavy atom. The minimum absolute atomic E-state index is 0.568. The van der Waals surface area contributed by atoms with Gasteiger partial charge in [-0.1, -0.05) is 152 Å². The monoisotopic (exact) mass is 613 g/mol. The number of hydrogen-bond acceptors (Lipinski definition) is 4. The largest absolute Gasteiger partial charge is 0.457 e. The van der Waals surface area contributed by atoms with Gasteiger partial charge in [0.25, 0.3) is 0 Å². The molecule has 0 saturated heterocycles. The summed E-state index contributed by atoms with van der Waals surface area (Å²) in [4.78, 5) is 15.6. The Morgan fingerprint density at radius 2 is 0.896 bits per heavy atom. The highest BCUT2D eigenvalue weighted by molar-refractivity contribution is 5.97. The molecule has 0 bridgehead atoms. The molecule has 4 heteroatoms. The molecule has 224 valence electrons. The first-order valence-electron chi connectivity index (χ1n) is 16.2. The van der Waals surface area contributed by atoms with Crippen molar-refractivity contribution in [1.29, 1.82) is 0 Å². The molecule has 4 nitrogen and oxygen atoms in total. The number of aromatic nitrogens is 3. The summed E-state index contributed by atoms with van der Waals surface area (Å²) in [5, 5.41) is 2.25. The highest BCUT2D eigenvalue weighted by Gasteiger charge is 2.51. The van der Waals surface area contributed by atoms with Crippen molar-refractivity contribution in [3.8, 4) is 56.8 Å². The summed E-state index contributed by atoms with van der Waals surface area (Å²) < 4.78 is 6.54. The lowest BCUT2D eigenvalue weighted by Gasteiger charge is -2.39. The van der Waals surface area contributed by atoms with E-state index in [1.165, 1.54) is 16.7 Å². The van der Waals surface area contributed by atoms with Gasteiger partial charge in [-0.25, -0.2) is 15.0 Å². The highest BCUT2D eigenvalue weighted by Crippen LogP contribution is 2.63. The summed E-state index contributed by atoms with van der Waals surface area (Å²) in [6, 6.07) is 57.1. The van der Waals surface area contributed by atoms with Crippen molar-refractivity contribution in [3.63, 3.8) is 0 Å². The third-order valence-electron chi connectivity index (χ3n) is 9.81. The van der Waals surface area contributed by atoms with Gasteiger partial charge in [0.2, 0.25) is 0 Å². The molecule has 10 rings (SSSR count). The standard InChI is InChI=1S/C44H27N3O/c1-2-15-29(16-3-1)41-45-42(31-20-12-17-28-14-4-5-18-30(28)31)47-43(46-41)33-21-13-25-37-40(33)32-19-6-7-22-34(32)44(37)35-23-8-10-26-38(35)48-39-27-11-9-24-36(39)44/h1-27H. The van der Waals surface area contributed by atoms with E-state index in [9.17, 15) is 0 Å². The molecule has 0 saturated carbocycles. The summed E-state index contributed by atoms with van der Waals surface area (Å²) >= 11 is 0. The van der Waals surface area contributed by atoms with Gasteiger partial charge in [-0.05, 0) is 45.2 Å². The third kappa shape index (κ3) is 3.74. The summed E-state index contributed by atoms with van der Waals surface area (Å²) in [5.41, 5.74) is 9.30. The Hall–Kier alpha value is -6.39. The molecule has 2 aliphatic rings. The predicted octanol–water partition coefficient (Wildman–Crippen LogP) is 10.5. The van der Waals surface area contributed by atoms with Crippen LogP contribution in [-0.2, 0) is 5.41 Å². The van der Waals surface area contributed by atoms with Crippen LogP contribution in [0.2, 0.25) is 0 Å². The fraction of sp³-hybridized carbons (Fsp3) is 0.0227. The summed E-state index contributed by atoms with van der Waals surface area (Å²) in [6.07, 6.45) is 0. The molecule has 0 N–H and O–H groups in total. The first-order chi connectivity index (χ1) is 23.8. The van der Waals surface area contributed by atoms with Gasteiger partial charge in [-0.15, -0.1) is 0 Å². The molecule has 0 atom stereocenters. The molecular formula is C44H27N3O. The predicted molar refractivity (Wildman–Crippen MR) is 191 cm³/mol. The average molecular weight is 614 g/mol. The van der Waals surface area contributed by atoms with Crippen LogP contribution >= 0.6 is 0 Å². The fourth-order valence-corrected chi connectivity index (χ4v) is 7.84. The number of ether oxygens (including phenoxy) is 1. The minimum Gasteiger partial charge on any atom is -0.457 e. The lowest BCUT2D eigenvalue weighted by atomic mass is 9.66. The number of benzene rings is 7. The van der Waals surface area contributed by atoms with Crippen molar-refractivity contribution in [3.05, 3.63) is 186 Å². The van der Waals surface area contributed by atoms with Crippen LogP contribution in [0.4, 0.5) is 0 Å². The maximum absolute atomic E-state index is 6.54. The van der Waals surface area contributed by atoms with E-state index in [0.717, 1.165) is 55.7 Å². The highest BCUT2D eigenvalue weighted by atomic mass is 16.5. The molecule has 2 heterocycles. The van der Waals surface area contributed by atoms with E-state index in [0.29, 0.717) is 17.5 Å². The van der Waals surface area contributed by atoms with Crippen LogP contribution in [0.1, 0.15) is 22.3 Å². The SMILES string of the molecule is c1ccc(-c2nc(-c3cccc4c3-c3ccccc3C43c4ccccc4Oc4ccccc43)nc(-c3cccc4ccccc34)n2)cc1. The van der Waals surface area contributed by atoms with Crippen molar-refractivity contribution in [1.82, 2.24) is 15.0 Å². The van der Waals surface area contributed by atoms with Gasteiger partial charge in [0.05, 0.1) is 5.41 Å². The topological polar surface area (TPSA) is 47.9 Å². The Labute approximate surface area is 278 Å². The maximum Gasteiger partial charge on any atom is 0.164 e. The van der Waals surface area contributed by atoms with Crippen molar-refractivity contribution in [2.45, 2.75) is 5.41 Å². The molecule has 0 fully saturated rings. The average Bonchev–Trinajstić information content (AvgIpc) is 3.46. The molecule has 8 aromatic rings. The van der Waals surface area contributed by atoms with Gasteiger partial charge in [-0.3, -0.25) is 0 Å². The molecule has 1 spiro atoms. The quantitative estimate of drug-likeness (QED) is 0.199. The van der Waals surface area contributed by atoms with Crippen LogP contribution in [0, 0.1) is 0 Å². The molecule has 1 aromatic heterocycles. The number of fused-ring (bicyclic) bond motifs is 10. The van der Waals surface area contributed by atoms with E-state index in [4.69, 9.17) is 19.7 Å². The fourth-order valence-electron chi connectivity index (χ4n) is 7.84. The van der Waals surface area contributed by atoms with E-state index in [1.54, 1.807) is 0 Å². The van der Waals surface area contributed by atoms with Crippen molar-refractivity contribution in [2.24, 2.45) is 0 Å². The molecule has 0 unspecified atom stereocenters. The lowest BCUT2D eigenvalue weighted by molar-refractivity contribution is 0.436. The zero-order valence-electron chi connectivity index (χ0n) is 25.8. The van der Waals surface area contributed by atoms with Crippen molar-refractivity contribution < 1.29 is 4.74 Å². The van der Waals surface area contributed by atoms with Crippen molar-refractivity contribution >= 4 is 10.8 Å². The molecule has 1 aliphatic heterocycles. The molecular weight excluding hydrogens is 587 g/mol. The van der Waals surface area contributed by atoms with Gasteiger partial charge >= 0.3 is 0 Å². The third-order valence-corrected chi connectivity index (χ3v) is 9.81. The number of para-hydroxylation sites is 2. The zero-order valence-corrected chi connectivity index (χ0v) is 25.8. The van der Waals surface area contributed by atoms with Crippen LogP contribution in [0.15, 0.2) is 164 Å². The zero-order chi connectivity index (χ0) is 31.7. The van der Waals surface area contributed by atoms with Gasteiger partial charge in [0.1, 0.15) is 11.5 Å². The maximum atomic E-state index is 6.54.